The van der Waals surface area contributed by atoms with Crippen LogP contribution in [0.4, 0.5) is 0 Å². The Balaban J connectivity index is 2.20. The number of amides is 1. The second kappa shape index (κ2) is 7.09. The van der Waals surface area contributed by atoms with Gasteiger partial charge < -0.3 is 10.2 Å². The molecule has 4 heteroatoms. The molecule has 1 aromatic rings. The Morgan fingerprint density at radius 3 is 2.65 bits per heavy atom. The van der Waals surface area contributed by atoms with Gasteiger partial charge in [-0.3, -0.25) is 4.79 Å². The van der Waals surface area contributed by atoms with Crippen LogP contribution in [0.5, 0.6) is 0 Å². The van der Waals surface area contributed by atoms with E-state index in [0.717, 1.165) is 44.5 Å². The molecular formula is C16H23ClN2O. The van der Waals surface area contributed by atoms with Gasteiger partial charge in [0.25, 0.3) is 5.91 Å². The Hall–Kier alpha value is -1.06. The van der Waals surface area contributed by atoms with Gasteiger partial charge in [0.05, 0.1) is 0 Å². The van der Waals surface area contributed by atoms with Gasteiger partial charge in [0.2, 0.25) is 0 Å². The van der Waals surface area contributed by atoms with Crippen LogP contribution in [0, 0.1) is 6.92 Å². The SMILES string of the molecule is CCCN(C(=O)c1cc(C)cc(Cl)c1)C1CCNCC1. The molecule has 0 unspecified atom stereocenters. The molecule has 3 nitrogen and oxygen atoms in total. The van der Waals surface area contributed by atoms with Gasteiger partial charge in [-0.15, -0.1) is 0 Å². The fourth-order valence-corrected chi connectivity index (χ4v) is 3.12. The van der Waals surface area contributed by atoms with Crippen molar-refractivity contribution in [2.45, 2.75) is 39.2 Å². The number of hydrogen-bond acceptors (Lipinski definition) is 2. The fourth-order valence-electron chi connectivity index (χ4n) is 2.83. The molecule has 0 atom stereocenters. The smallest absolute Gasteiger partial charge is 0.254 e. The molecule has 0 aromatic heterocycles. The van der Waals surface area contributed by atoms with E-state index in [9.17, 15) is 4.79 Å². The molecule has 0 aliphatic carbocycles. The van der Waals surface area contributed by atoms with E-state index in [2.05, 4.69) is 12.2 Å². The first kappa shape index (κ1) is 15.3. The molecule has 2 rings (SSSR count). The van der Waals surface area contributed by atoms with E-state index >= 15 is 0 Å². The van der Waals surface area contributed by atoms with Gasteiger partial charge in [0.1, 0.15) is 0 Å². The summed E-state index contributed by atoms with van der Waals surface area (Å²) in [5, 5.41) is 3.98. The molecule has 1 N–H and O–H groups in total. The molecule has 0 radical (unpaired) electrons. The molecule has 110 valence electrons. The number of benzene rings is 1. The summed E-state index contributed by atoms with van der Waals surface area (Å²) in [6.07, 6.45) is 3.05. The zero-order chi connectivity index (χ0) is 14.5. The topological polar surface area (TPSA) is 32.3 Å². The molecule has 0 spiro atoms. The van der Waals surface area contributed by atoms with E-state index in [0.29, 0.717) is 16.6 Å². The zero-order valence-electron chi connectivity index (χ0n) is 12.3. The number of nitrogens with one attached hydrogen (secondary N) is 1. The molecule has 20 heavy (non-hydrogen) atoms. The van der Waals surface area contributed by atoms with Crippen LogP contribution in [0.15, 0.2) is 18.2 Å². The second-order valence-corrected chi connectivity index (χ2v) is 5.93. The van der Waals surface area contributed by atoms with Crippen molar-refractivity contribution in [3.05, 3.63) is 34.3 Å². The minimum Gasteiger partial charge on any atom is -0.336 e. The summed E-state index contributed by atoms with van der Waals surface area (Å²) in [5.41, 5.74) is 1.74. The zero-order valence-corrected chi connectivity index (χ0v) is 13.0. The number of halogens is 1. The Morgan fingerprint density at radius 2 is 2.05 bits per heavy atom. The van der Waals surface area contributed by atoms with Gasteiger partial charge >= 0.3 is 0 Å². The average molecular weight is 295 g/mol. The first-order chi connectivity index (χ1) is 9.61. The van der Waals surface area contributed by atoms with Gasteiger partial charge in [0, 0.05) is 23.2 Å². The van der Waals surface area contributed by atoms with Crippen LogP contribution in [0.3, 0.4) is 0 Å². The van der Waals surface area contributed by atoms with Crippen LogP contribution < -0.4 is 5.32 Å². The van der Waals surface area contributed by atoms with E-state index in [1.54, 1.807) is 6.07 Å². The summed E-state index contributed by atoms with van der Waals surface area (Å²) < 4.78 is 0. The van der Waals surface area contributed by atoms with E-state index in [1.807, 2.05) is 24.0 Å². The number of nitrogens with zero attached hydrogens (tertiary/aromatic N) is 1. The molecular weight excluding hydrogens is 272 g/mol. The Morgan fingerprint density at radius 1 is 1.35 bits per heavy atom. The molecule has 1 amide bonds. The quantitative estimate of drug-likeness (QED) is 0.924. The number of carbonyl (C=O) groups is 1. The van der Waals surface area contributed by atoms with Gasteiger partial charge in [-0.2, -0.15) is 0 Å². The van der Waals surface area contributed by atoms with Crippen molar-refractivity contribution in [2.24, 2.45) is 0 Å². The fraction of sp³-hybridized carbons (Fsp3) is 0.562. The summed E-state index contributed by atoms with van der Waals surface area (Å²) >= 11 is 6.08. The van der Waals surface area contributed by atoms with E-state index < -0.39 is 0 Å². The lowest BCUT2D eigenvalue weighted by atomic mass is 10.0. The maximum atomic E-state index is 12.8. The summed E-state index contributed by atoms with van der Waals surface area (Å²) in [6.45, 7) is 6.89. The van der Waals surface area contributed by atoms with Crippen molar-refractivity contribution in [1.82, 2.24) is 10.2 Å². The maximum Gasteiger partial charge on any atom is 0.254 e. The second-order valence-electron chi connectivity index (χ2n) is 5.50. The number of rotatable bonds is 4. The average Bonchev–Trinajstić information content (AvgIpc) is 2.44. The molecule has 1 heterocycles. The number of piperidine rings is 1. The van der Waals surface area contributed by atoms with Crippen LogP contribution in [0.2, 0.25) is 5.02 Å². The Bertz CT molecular complexity index is 449. The van der Waals surface area contributed by atoms with Crippen LogP contribution in [-0.2, 0) is 0 Å². The van der Waals surface area contributed by atoms with Gasteiger partial charge in [-0.25, -0.2) is 0 Å². The Labute approximate surface area is 126 Å². The molecule has 1 aliphatic rings. The van der Waals surface area contributed by atoms with Gasteiger partial charge in [-0.1, -0.05) is 18.5 Å². The van der Waals surface area contributed by atoms with Crippen LogP contribution in [0.25, 0.3) is 0 Å². The summed E-state index contributed by atoms with van der Waals surface area (Å²) in [6, 6.07) is 5.94. The van der Waals surface area contributed by atoms with Crippen molar-refractivity contribution in [1.29, 1.82) is 0 Å². The lowest BCUT2D eigenvalue weighted by molar-refractivity contribution is 0.0642. The largest absolute Gasteiger partial charge is 0.336 e. The highest BCUT2D eigenvalue weighted by molar-refractivity contribution is 6.31. The van der Waals surface area contributed by atoms with Crippen LogP contribution >= 0.6 is 11.6 Å². The van der Waals surface area contributed by atoms with Gasteiger partial charge in [0.15, 0.2) is 0 Å². The van der Waals surface area contributed by atoms with Crippen LogP contribution in [0.1, 0.15) is 42.1 Å². The van der Waals surface area contributed by atoms with Gasteiger partial charge in [-0.05, 0) is 63.0 Å². The molecule has 1 aromatic carbocycles. The van der Waals surface area contributed by atoms with Crippen molar-refractivity contribution in [3.63, 3.8) is 0 Å². The van der Waals surface area contributed by atoms with E-state index in [1.165, 1.54) is 0 Å². The molecule has 0 bridgehead atoms. The minimum absolute atomic E-state index is 0.115. The summed E-state index contributed by atoms with van der Waals surface area (Å²) in [5.74, 6) is 0.115. The monoisotopic (exact) mass is 294 g/mol. The summed E-state index contributed by atoms with van der Waals surface area (Å²) in [4.78, 5) is 14.8. The molecule has 1 fully saturated rings. The van der Waals surface area contributed by atoms with E-state index in [-0.39, 0.29) is 5.91 Å². The Kier molecular flexibility index (Phi) is 5.44. The minimum atomic E-state index is 0.115. The standard InChI is InChI=1S/C16H23ClN2O/c1-3-8-19(15-4-6-18-7-5-15)16(20)13-9-12(2)10-14(17)11-13/h9-11,15,18H,3-8H2,1-2H3. The molecule has 0 saturated carbocycles. The highest BCUT2D eigenvalue weighted by Crippen LogP contribution is 2.20. The summed E-state index contributed by atoms with van der Waals surface area (Å²) in [7, 11) is 0. The molecule has 1 aliphatic heterocycles. The van der Waals surface area contributed by atoms with Crippen molar-refractivity contribution >= 4 is 17.5 Å². The molecule has 1 saturated heterocycles. The highest BCUT2D eigenvalue weighted by atomic mass is 35.5. The first-order valence-electron chi connectivity index (χ1n) is 7.40. The number of aryl methyl sites for hydroxylation is 1. The third-order valence-corrected chi connectivity index (χ3v) is 3.98. The normalized spacial score (nSPS) is 16.1. The predicted octanol–water partition coefficient (Wildman–Crippen LogP) is 3.25. The first-order valence-corrected chi connectivity index (χ1v) is 7.78. The lowest BCUT2D eigenvalue weighted by Gasteiger charge is -2.34. The number of carbonyl (C=O) groups excluding carboxylic acids is 1. The van der Waals surface area contributed by atoms with Crippen molar-refractivity contribution < 1.29 is 4.79 Å². The predicted molar refractivity (Wildman–Crippen MR) is 83.4 cm³/mol. The maximum absolute atomic E-state index is 12.8. The van der Waals surface area contributed by atoms with Crippen molar-refractivity contribution in [2.75, 3.05) is 19.6 Å². The third-order valence-electron chi connectivity index (χ3n) is 3.76. The van der Waals surface area contributed by atoms with Crippen LogP contribution in [-0.4, -0.2) is 36.5 Å². The highest BCUT2D eigenvalue weighted by Gasteiger charge is 2.25. The third kappa shape index (κ3) is 3.74. The van der Waals surface area contributed by atoms with Crippen molar-refractivity contribution in [3.8, 4) is 0 Å². The number of hydrogen-bond donors (Lipinski definition) is 1. The van der Waals surface area contributed by atoms with E-state index in [4.69, 9.17) is 11.6 Å². The lowest BCUT2D eigenvalue weighted by Crippen LogP contribution is -2.46.